The second-order valence-corrected chi connectivity index (χ2v) is 5.13. The quantitative estimate of drug-likeness (QED) is 0.584. The van der Waals surface area contributed by atoms with Gasteiger partial charge in [-0.15, -0.1) is 0 Å². The Morgan fingerprint density at radius 2 is 1.84 bits per heavy atom. The van der Waals surface area contributed by atoms with Crippen LogP contribution in [-0.4, -0.2) is 82.0 Å². The van der Waals surface area contributed by atoms with Gasteiger partial charge in [-0.25, -0.2) is 0 Å². The molecule has 5 heteroatoms. The van der Waals surface area contributed by atoms with Crippen molar-refractivity contribution in [1.29, 1.82) is 0 Å². The Morgan fingerprint density at radius 1 is 1.11 bits per heavy atom. The molecule has 19 heavy (non-hydrogen) atoms. The van der Waals surface area contributed by atoms with E-state index in [2.05, 4.69) is 16.7 Å². The topological polar surface area (TPSA) is 51.0 Å². The van der Waals surface area contributed by atoms with Crippen LogP contribution in [0.5, 0.6) is 0 Å². The van der Waals surface area contributed by atoms with Gasteiger partial charge in [0, 0.05) is 65.6 Å². The minimum Gasteiger partial charge on any atom is -0.385 e. The normalized spacial score (nSPS) is 19.7. The number of hydrogen-bond donors (Lipinski definition) is 1. The van der Waals surface area contributed by atoms with E-state index in [0.717, 1.165) is 71.9 Å². The minimum atomic E-state index is 0.562. The van der Waals surface area contributed by atoms with Gasteiger partial charge in [0.1, 0.15) is 0 Å². The summed E-state index contributed by atoms with van der Waals surface area (Å²) in [5.41, 5.74) is 5.80. The predicted molar refractivity (Wildman–Crippen MR) is 78.5 cm³/mol. The number of nitrogens with two attached hydrogens (primary N) is 1. The van der Waals surface area contributed by atoms with E-state index >= 15 is 0 Å². The van der Waals surface area contributed by atoms with Crippen LogP contribution >= 0.6 is 0 Å². The Hall–Kier alpha value is -0.200. The van der Waals surface area contributed by atoms with Crippen molar-refractivity contribution in [1.82, 2.24) is 9.80 Å². The summed E-state index contributed by atoms with van der Waals surface area (Å²) in [5, 5.41) is 0. The van der Waals surface area contributed by atoms with Gasteiger partial charge >= 0.3 is 0 Å². The van der Waals surface area contributed by atoms with Crippen molar-refractivity contribution in [2.24, 2.45) is 5.73 Å². The van der Waals surface area contributed by atoms with E-state index in [-0.39, 0.29) is 0 Å². The lowest BCUT2D eigenvalue weighted by atomic mass is 10.1. The van der Waals surface area contributed by atoms with Gasteiger partial charge < -0.3 is 15.2 Å². The Bertz CT molecular complexity index is 205. The molecule has 1 unspecified atom stereocenters. The molecule has 0 aromatic carbocycles. The zero-order valence-corrected chi connectivity index (χ0v) is 12.6. The van der Waals surface area contributed by atoms with Gasteiger partial charge in [-0.1, -0.05) is 6.92 Å². The van der Waals surface area contributed by atoms with Crippen LogP contribution < -0.4 is 5.73 Å². The van der Waals surface area contributed by atoms with Gasteiger partial charge in [0.2, 0.25) is 0 Å². The van der Waals surface area contributed by atoms with E-state index in [1.54, 1.807) is 7.11 Å². The molecule has 0 aromatic heterocycles. The molecule has 1 aliphatic rings. The van der Waals surface area contributed by atoms with Crippen molar-refractivity contribution in [3.05, 3.63) is 0 Å². The van der Waals surface area contributed by atoms with Crippen molar-refractivity contribution in [2.45, 2.75) is 25.8 Å². The maximum atomic E-state index is 5.80. The van der Waals surface area contributed by atoms with Gasteiger partial charge in [-0.2, -0.15) is 0 Å². The number of methoxy groups -OCH3 is 1. The van der Waals surface area contributed by atoms with Gasteiger partial charge in [0.15, 0.2) is 0 Å². The smallest absolute Gasteiger partial charge is 0.0593 e. The average Bonchev–Trinajstić information content (AvgIpc) is 2.45. The second-order valence-electron chi connectivity index (χ2n) is 5.13. The molecular formula is C14H31N3O2. The highest BCUT2D eigenvalue weighted by Gasteiger charge is 2.21. The first-order chi connectivity index (χ1) is 9.31. The van der Waals surface area contributed by atoms with Crippen molar-refractivity contribution in [2.75, 3.05) is 66.2 Å². The molecule has 1 fully saturated rings. The van der Waals surface area contributed by atoms with Crippen LogP contribution in [0.1, 0.15) is 19.8 Å². The molecule has 0 bridgehead atoms. The minimum absolute atomic E-state index is 0.562. The third-order valence-corrected chi connectivity index (χ3v) is 3.86. The Balaban J connectivity index is 2.03. The van der Waals surface area contributed by atoms with Gasteiger partial charge in [0.05, 0.1) is 6.61 Å². The number of piperazine rings is 1. The van der Waals surface area contributed by atoms with Crippen molar-refractivity contribution in [3.8, 4) is 0 Å². The van der Waals surface area contributed by atoms with Gasteiger partial charge in [-0.3, -0.25) is 9.80 Å². The van der Waals surface area contributed by atoms with Gasteiger partial charge in [0.25, 0.3) is 0 Å². The summed E-state index contributed by atoms with van der Waals surface area (Å²) in [4.78, 5) is 5.01. The lowest BCUT2D eigenvalue weighted by Crippen LogP contribution is -2.52. The molecule has 1 rings (SSSR count). The second kappa shape index (κ2) is 10.6. The van der Waals surface area contributed by atoms with E-state index in [0.29, 0.717) is 6.04 Å². The largest absolute Gasteiger partial charge is 0.385 e. The first kappa shape index (κ1) is 16.9. The highest BCUT2D eigenvalue weighted by molar-refractivity contribution is 4.78. The van der Waals surface area contributed by atoms with E-state index in [1.165, 1.54) is 0 Å². The average molecular weight is 273 g/mol. The molecule has 0 radical (unpaired) electrons. The van der Waals surface area contributed by atoms with E-state index in [1.807, 2.05) is 0 Å². The van der Waals surface area contributed by atoms with E-state index in [9.17, 15) is 0 Å². The molecule has 1 aliphatic heterocycles. The Morgan fingerprint density at radius 3 is 2.42 bits per heavy atom. The summed E-state index contributed by atoms with van der Waals surface area (Å²) >= 11 is 0. The highest BCUT2D eigenvalue weighted by atomic mass is 16.5. The van der Waals surface area contributed by atoms with E-state index in [4.69, 9.17) is 15.2 Å². The summed E-state index contributed by atoms with van der Waals surface area (Å²) in [7, 11) is 1.73. The monoisotopic (exact) mass is 273 g/mol. The first-order valence-corrected chi connectivity index (χ1v) is 7.55. The van der Waals surface area contributed by atoms with Crippen LogP contribution in [0.2, 0.25) is 0 Å². The fourth-order valence-electron chi connectivity index (χ4n) is 2.53. The first-order valence-electron chi connectivity index (χ1n) is 7.55. The van der Waals surface area contributed by atoms with Crippen LogP contribution in [0.4, 0.5) is 0 Å². The Labute approximate surface area is 118 Å². The molecule has 0 aliphatic carbocycles. The van der Waals surface area contributed by atoms with Crippen molar-refractivity contribution >= 4 is 0 Å². The summed E-state index contributed by atoms with van der Waals surface area (Å²) in [6.07, 6.45) is 2.14. The lowest BCUT2D eigenvalue weighted by Gasteiger charge is -2.38. The predicted octanol–water partition coefficient (Wildman–Crippen LogP) is 0.394. The molecular weight excluding hydrogens is 242 g/mol. The van der Waals surface area contributed by atoms with Crippen molar-refractivity contribution < 1.29 is 9.47 Å². The molecule has 1 saturated heterocycles. The molecule has 114 valence electrons. The summed E-state index contributed by atoms with van der Waals surface area (Å²) in [6.45, 7) is 11.0. The Kier molecular flexibility index (Phi) is 9.38. The molecule has 1 atom stereocenters. The fraction of sp³-hybridized carbons (Fsp3) is 1.00. The summed E-state index contributed by atoms with van der Waals surface area (Å²) in [6, 6.07) is 0.562. The van der Waals surface area contributed by atoms with Gasteiger partial charge in [-0.05, 0) is 12.8 Å². The van der Waals surface area contributed by atoms with Crippen LogP contribution in [-0.2, 0) is 9.47 Å². The van der Waals surface area contributed by atoms with Crippen LogP contribution in [0.25, 0.3) is 0 Å². The van der Waals surface area contributed by atoms with Crippen molar-refractivity contribution in [3.63, 3.8) is 0 Å². The standard InChI is InChI=1S/C14H31N3O2/c1-3-14(13-15)17-7-5-16(6-8-17)9-12-19-11-4-10-18-2/h14H,3-13,15H2,1-2H3. The number of hydrogen-bond acceptors (Lipinski definition) is 5. The highest BCUT2D eigenvalue weighted by Crippen LogP contribution is 2.08. The van der Waals surface area contributed by atoms with Crippen LogP contribution in [0.3, 0.4) is 0 Å². The number of rotatable bonds is 10. The molecule has 0 amide bonds. The van der Waals surface area contributed by atoms with Crippen LogP contribution in [0.15, 0.2) is 0 Å². The third kappa shape index (κ3) is 6.68. The molecule has 0 saturated carbocycles. The zero-order valence-electron chi connectivity index (χ0n) is 12.6. The maximum absolute atomic E-state index is 5.80. The molecule has 0 aromatic rings. The SMILES string of the molecule is CCC(CN)N1CCN(CCOCCCOC)CC1. The molecule has 1 heterocycles. The summed E-state index contributed by atoms with van der Waals surface area (Å²) in [5.74, 6) is 0. The molecule has 2 N–H and O–H groups in total. The zero-order chi connectivity index (χ0) is 13.9. The number of ether oxygens (including phenoxy) is 2. The summed E-state index contributed by atoms with van der Waals surface area (Å²) < 4.78 is 10.6. The molecule has 0 spiro atoms. The lowest BCUT2D eigenvalue weighted by molar-refractivity contribution is 0.0547. The maximum Gasteiger partial charge on any atom is 0.0593 e. The molecule has 5 nitrogen and oxygen atoms in total. The fourth-order valence-corrected chi connectivity index (χ4v) is 2.53. The number of nitrogens with zero attached hydrogens (tertiary/aromatic N) is 2. The van der Waals surface area contributed by atoms with Crippen LogP contribution in [0, 0.1) is 0 Å². The third-order valence-electron chi connectivity index (χ3n) is 3.86. The van der Waals surface area contributed by atoms with E-state index < -0.39 is 0 Å².